The van der Waals surface area contributed by atoms with Crippen LogP contribution in [-0.4, -0.2) is 17.8 Å². The largest absolute Gasteiger partial charge is 0.165 e. The molecule has 2 heteroatoms. The fourth-order valence-corrected chi connectivity index (χ4v) is 4.10. The first kappa shape index (κ1) is 16.5. The maximum absolute atomic E-state index is 2.55. The van der Waals surface area contributed by atoms with Crippen LogP contribution in [0, 0.1) is 0 Å². The lowest BCUT2D eigenvalue weighted by Crippen LogP contribution is -1.89. The summed E-state index contributed by atoms with van der Waals surface area (Å²) in [7, 11) is 0. The molecule has 0 amide bonds. The molecular weight excluding hydrogens is 256 g/mol. The van der Waals surface area contributed by atoms with Crippen molar-refractivity contribution in [1.29, 1.82) is 0 Å². The molecule has 0 saturated heterocycles. The molecule has 0 fully saturated rings. The zero-order valence-electron chi connectivity index (χ0n) is 12.1. The second-order valence-electron chi connectivity index (χ2n) is 5.23. The summed E-state index contributed by atoms with van der Waals surface area (Å²) in [5, 5.41) is 0. The zero-order valence-corrected chi connectivity index (χ0v) is 13.7. The van der Waals surface area contributed by atoms with E-state index in [-0.39, 0.29) is 0 Å². The molecular formula is C16H30S2. The highest BCUT2D eigenvalue weighted by atomic mass is 32.2. The van der Waals surface area contributed by atoms with Crippen LogP contribution in [0.1, 0.15) is 70.6 Å². The first-order valence-electron chi connectivity index (χ1n) is 7.74. The molecule has 1 rings (SSSR count). The molecule has 0 heterocycles. The van der Waals surface area contributed by atoms with Gasteiger partial charge in [0.15, 0.2) is 0 Å². The van der Waals surface area contributed by atoms with Gasteiger partial charge >= 0.3 is 0 Å². The van der Waals surface area contributed by atoms with Gasteiger partial charge in [0.05, 0.1) is 0 Å². The van der Waals surface area contributed by atoms with Crippen molar-refractivity contribution in [2.24, 2.45) is 0 Å². The molecule has 1 aliphatic rings. The Balaban J connectivity index is 2.25. The minimum absolute atomic E-state index is 1.32. The minimum Gasteiger partial charge on any atom is -0.165 e. The molecule has 0 N–H and O–H groups in total. The fraction of sp³-hybridized carbons (Fsp3) is 0.875. The predicted molar refractivity (Wildman–Crippen MR) is 89.7 cm³/mol. The van der Waals surface area contributed by atoms with E-state index >= 15 is 0 Å². The zero-order chi connectivity index (χ0) is 12.9. The van der Waals surface area contributed by atoms with Crippen LogP contribution in [-0.2, 0) is 0 Å². The summed E-state index contributed by atoms with van der Waals surface area (Å²) in [4.78, 5) is 1.69. The van der Waals surface area contributed by atoms with Gasteiger partial charge in [-0.15, -0.1) is 11.8 Å². The van der Waals surface area contributed by atoms with Crippen LogP contribution in [0.5, 0.6) is 0 Å². The van der Waals surface area contributed by atoms with Crippen molar-refractivity contribution < 1.29 is 0 Å². The summed E-state index contributed by atoms with van der Waals surface area (Å²) in [6.45, 7) is 0. The van der Waals surface area contributed by atoms with Crippen LogP contribution in [0.15, 0.2) is 11.0 Å². The second-order valence-corrected chi connectivity index (χ2v) is 7.44. The lowest BCUT2D eigenvalue weighted by atomic mass is 10.0. The summed E-state index contributed by atoms with van der Waals surface area (Å²) in [5.74, 6) is 2.65. The summed E-state index contributed by atoms with van der Waals surface area (Å²) >= 11 is 4.11. The molecule has 1 aliphatic carbocycles. The second kappa shape index (κ2) is 12.5. The quantitative estimate of drug-likeness (QED) is 0.546. The number of rotatable bonds is 5. The summed E-state index contributed by atoms with van der Waals surface area (Å²) in [6, 6.07) is 0. The number of hydrogen-bond acceptors (Lipinski definition) is 2. The van der Waals surface area contributed by atoms with Crippen molar-refractivity contribution in [3.05, 3.63) is 11.0 Å². The average molecular weight is 287 g/mol. The van der Waals surface area contributed by atoms with Crippen LogP contribution < -0.4 is 0 Å². The van der Waals surface area contributed by atoms with Crippen molar-refractivity contribution in [2.75, 3.05) is 17.8 Å². The Bertz CT molecular complexity index is 211. The highest BCUT2D eigenvalue weighted by Crippen LogP contribution is 2.25. The Morgan fingerprint density at radius 1 is 0.889 bits per heavy atom. The Kier molecular flexibility index (Phi) is 11.4. The summed E-state index contributed by atoms with van der Waals surface area (Å²) in [5.41, 5.74) is 0. The van der Waals surface area contributed by atoms with Gasteiger partial charge in [-0.2, -0.15) is 11.8 Å². The van der Waals surface area contributed by atoms with Crippen LogP contribution in [0.2, 0.25) is 0 Å². The summed E-state index contributed by atoms with van der Waals surface area (Å²) < 4.78 is 0. The molecule has 0 aromatic rings. The molecule has 0 unspecified atom stereocenters. The van der Waals surface area contributed by atoms with Crippen molar-refractivity contribution in [3.8, 4) is 0 Å². The Morgan fingerprint density at radius 3 is 2.28 bits per heavy atom. The maximum atomic E-state index is 2.55. The molecule has 0 aromatic carbocycles. The molecule has 0 saturated carbocycles. The third-order valence-corrected chi connectivity index (χ3v) is 5.46. The van der Waals surface area contributed by atoms with Gasteiger partial charge < -0.3 is 0 Å². The standard InChI is InChI=1S/C16H30S2/c1-17-14-11-15-18-16-12-9-7-5-3-2-4-6-8-10-13-16/h12H,2-11,13-15H2,1H3/b16-12-. The van der Waals surface area contributed by atoms with Gasteiger partial charge in [0.25, 0.3) is 0 Å². The Hall–Kier alpha value is 0.440. The van der Waals surface area contributed by atoms with Crippen LogP contribution in [0.3, 0.4) is 0 Å². The van der Waals surface area contributed by atoms with Gasteiger partial charge in [0.1, 0.15) is 0 Å². The van der Waals surface area contributed by atoms with Crippen molar-refractivity contribution in [2.45, 2.75) is 70.6 Å². The van der Waals surface area contributed by atoms with E-state index in [1.807, 2.05) is 11.8 Å². The Labute approximate surface area is 123 Å². The first-order chi connectivity index (χ1) is 8.93. The Morgan fingerprint density at radius 2 is 1.56 bits per heavy atom. The van der Waals surface area contributed by atoms with Crippen LogP contribution in [0.25, 0.3) is 0 Å². The maximum Gasteiger partial charge on any atom is -0.00155 e. The van der Waals surface area contributed by atoms with Crippen molar-refractivity contribution in [3.63, 3.8) is 0 Å². The smallest absolute Gasteiger partial charge is 0.00155 e. The molecule has 0 radical (unpaired) electrons. The molecule has 0 atom stereocenters. The van der Waals surface area contributed by atoms with E-state index in [1.54, 1.807) is 4.91 Å². The average Bonchev–Trinajstić information content (AvgIpc) is 2.37. The molecule has 0 nitrogen and oxygen atoms in total. The third-order valence-electron chi connectivity index (χ3n) is 3.53. The SMILES string of the molecule is CSCCCS/C1=C\CCCCCCCCCC1. The van der Waals surface area contributed by atoms with E-state index in [1.165, 1.54) is 82.1 Å². The van der Waals surface area contributed by atoms with Crippen LogP contribution in [0.4, 0.5) is 0 Å². The van der Waals surface area contributed by atoms with E-state index in [4.69, 9.17) is 0 Å². The molecule has 18 heavy (non-hydrogen) atoms. The molecule has 0 aliphatic heterocycles. The van der Waals surface area contributed by atoms with Crippen LogP contribution >= 0.6 is 23.5 Å². The number of hydrogen-bond donors (Lipinski definition) is 0. The van der Waals surface area contributed by atoms with E-state index < -0.39 is 0 Å². The summed E-state index contributed by atoms with van der Waals surface area (Å²) in [6.07, 6.45) is 20.4. The van der Waals surface area contributed by atoms with E-state index in [2.05, 4.69) is 24.1 Å². The highest BCUT2D eigenvalue weighted by Gasteiger charge is 2.01. The minimum atomic E-state index is 1.32. The molecule has 0 bridgehead atoms. The number of thioether (sulfide) groups is 2. The molecule has 106 valence electrons. The molecule has 0 spiro atoms. The van der Waals surface area contributed by atoms with Gasteiger partial charge in [0.2, 0.25) is 0 Å². The van der Waals surface area contributed by atoms with Crippen molar-refractivity contribution >= 4 is 23.5 Å². The van der Waals surface area contributed by atoms with E-state index in [0.717, 1.165) is 0 Å². The highest BCUT2D eigenvalue weighted by molar-refractivity contribution is 8.03. The van der Waals surface area contributed by atoms with Crippen molar-refractivity contribution in [1.82, 2.24) is 0 Å². The molecule has 0 aromatic heterocycles. The van der Waals surface area contributed by atoms with Gasteiger partial charge in [-0.1, -0.05) is 44.6 Å². The normalized spacial score (nSPS) is 22.6. The fourth-order valence-electron chi connectivity index (χ4n) is 2.41. The topological polar surface area (TPSA) is 0 Å². The van der Waals surface area contributed by atoms with Gasteiger partial charge in [-0.05, 0) is 54.8 Å². The predicted octanol–water partition coefficient (Wildman–Crippen LogP) is 6.27. The van der Waals surface area contributed by atoms with Gasteiger partial charge in [-0.25, -0.2) is 0 Å². The van der Waals surface area contributed by atoms with Gasteiger partial charge in [0, 0.05) is 0 Å². The monoisotopic (exact) mass is 286 g/mol. The lowest BCUT2D eigenvalue weighted by molar-refractivity contribution is 0.565. The van der Waals surface area contributed by atoms with E-state index in [9.17, 15) is 0 Å². The lowest BCUT2D eigenvalue weighted by Gasteiger charge is -2.09. The number of allylic oxidation sites excluding steroid dienone is 2. The van der Waals surface area contributed by atoms with E-state index in [0.29, 0.717) is 0 Å². The third kappa shape index (κ3) is 9.38. The van der Waals surface area contributed by atoms with Gasteiger partial charge in [-0.3, -0.25) is 0 Å². The first-order valence-corrected chi connectivity index (χ1v) is 10.1.